The maximum atomic E-state index is 11.8. The van der Waals surface area contributed by atoms with Crippen molar-refractivity contribution in [2.45, 2.75) is 58.3 Å². The molecule has 1 rings (SSSR count). The fourth-order valence-corrected chi connectivity index (χ4v) is 1.84. The Balaban J connectivity index is 2.59. The van der Waals surface area contributed by atoms with Gasteiger partial charge in [-0.15, -0.1) is 0 Å². The SMILES string of the molecule is CC(O)[C@H]1CCCN1C(=O)OC(C)(C)C. The average Bonchev–Trinajstić information content (AvgIpc) is 2.47. The molecule has 0 aliphatic carbocycles. The number of carbonyl (C=O) groups is 1. The van der Waals surface area contributed by atoms with Crippen molar-refractivity contribution in [1.29, 1.82) is 0 Å². The Labute approximate surface area is 91.2 Å². The summed E-state index contributed by atoms with van der Waals surface area (Å²) in [5.41, 5.74) is -0.469. The standard InChI is InChI=1S/C11H21NO3/c1-8(13)9-6-5-7-12(9)10(14)15-11(2,3)4/h8-9,13H,5-7H2,1-4H3/t8?,9-/m1/s1. The number of rotatable bonds is 1. The predicted molar refractivity (Wildman–Crippen MR) is 57.6 cm³/mol. The molecule has 0 saturated carbocycles. The number of hydrogen-bond donors (Lipinski definition) is 1. The quantitative estimate of drug-likeness (QED) is 0.725. The van der Waals surface area contributed by atoms with Gasteiger partial charge in [-0.2, -0.15) is 0 Å². The molecule has 2 atom stereocenters. The third-order valence-corrected chi connectivity index (χ3v) is 2.48. The van der Waals surface area contributed by atoms with E-state index in [0.29, 0.717) is 6.54 Å². The number of aliphatic hydroxyl groups is 1. The van der Waals surface area contributed by atoms with E-state index in [4.69, 9.17) is 4.74 Å². The highest BCUT2D eigenvalue weighted by molar-refractivity contribution is 5.69. The number of carbonyl (C=O) groups excluding carboxylic acids is 1. The molecule has 1 amide bonds. The van der Waals surface area contributed by atoms with Gasteiger partial charge in [0.15, 0.2) is 0 Å². The zero-order valence-corrected chi connectivity index (χ0v) is 9.99. The number of hydrogen-bond acceptors (Lipinski definition) is 3. The van der Waals surface area contributed by atoms with E-state index in [0.717, 1.165) is 12.8 Å². The molecule has 0 bridgehead atoms. The summed E-state index contributed by atoms with van der Waals surface area (Å²) in [6.45, 7) is 7.94. The first-order valence-electron chi connectivity index (χ1n) is 5.49. The van der Waals surface area contributed by atoms with E-state index in [2.05, 4.69) is 0 Å². The van der Waals surface area contributed by atoms with Gasteiger partial charge in [-0.3, -0.25) is 0 Å². The van der Waals surface area contributed by atoms with Crippen LogP contribution in [0.25, 0.3) is 0 Å². The lowest BCUT2D eigenvalue weighted by Crippen LogP contribution is -2.44. The zero-order chi connectivity index (χ0) is 11.6. The van der Waals surface area contributed by atoms with Gasteiger partial charge in [0.05, 0.1) is 12.1 Å². The second-order valence-corrected chi connectivity index (χ2v) is 5.12. The second kappa shape index (κ2) is 4.39. The smallest absolute Gasteiger partial charge is 0.410 e. The molecule has 1 saturated heterocycles. The molecule has 0 spiro atoms. The fraction of sp³-hybridized carbons (Fsp3) is 0.909. The van der Waals surface area contributed by atoms with Gasteiger partial charge >= 0.3 is 6.09 Å². The van der Waals surface area contributed by atoms with Crippen molar-refractivity contribution in [3.8, 4) is 0 Å². The molecular formula is C11H21NO3. The van der Waals surface area contributed by atoms with Crippen molar-refractivity contribution in [1.82, 2.24) is 4.90 Å². The van der Waals surface area contributed by atoms with Gasteiger partial charge < -0.3 is 14.7 Å². The Morgan fingerprint density at radius 1 is 1.53 bits per heavy atom. The molecule has 0 aromatic heterocycles. The van der Waals surface area contributed by atoms with Crippen LogP contribution >= 0.6 is 0 Å². The highest BCUT2D eigenvalue weighted by Gasteiger charge is 2.34. The van der Waals surface area contributed by atoms with E-state index in [1.807, 2.05) is 20.8 Å². The first-order valence-corrected chi connectivity index (χ1v) is 5.49. The Morgan fingerprint density at radius 2 is 2.13 bits per heavy atom. The molecule has 0 aromatic rings. The maximum Gasteiger partial charge on any atom is 0.410 e. The first-order chi connectivity index (χ1) is 6.81. The molecule has 0 radical (unpaired) electrons. The van der Waals surface area contributed by atoms with Crippen LogP contribution in [0, 0.1) is 0 Å². The second-order valence-electron chi connectivity index (χ2n) is 5.12. The van der Waals surface area contributed by atoms with Gasteiger partial charge in [-0.25, -0.2) is 4.79 Å². The first kappa shape index (κ1) is 12.3. The molecule has 88 valence electrons. The number of aliphatic hydroxyl groups excluding tert-OH is 1. The lowest BCUT2D eigenvalue weighted by atomic mass is 10.1. The van der Waals surface area contributed by atoms with Crippen LogP contribution in [0.15, 0.2) is 0 Å². The van der Waals surface area contributed by atoms with Crippen LogP contribution in [-0.2, 0) is 4.74 Å². The van der Waals surface area contributed by atoms with E-state index in [1.54, 1.807) is 11.8 Å². The van der Waals surface area contributed by atoms with Crippen molar-refractivity contribution in [2.75, 3.05) is 6.54 Å². The minimum absolute atomic E-state index is 0.0835. The number of nitrogens with zero attached hydrogens (tertiary/aromatic N) is 1. The molecule has 0 aromatic carbocycles. The normalized spacial score (nSPS) is 24.1. The van der Waals surface area contributed by atoms with Gasteiger partial charge in [0.1, 0.15) is 5.60 Å². The van der Waals surface area contributed by atoms with Gasteiger partial charge in [-0.1, -0.05) is 0 Å². The van der Waals surface area contributed by atoms with Crippen LogP contribution in [0.3, 0.4) is 0 Å². The molecular weight excluding hydrogens is 194 g/mol. The van der Waals surface area contributed by atoms with E-state index in [1.165, 1.54) is 0 Å². The topological polar surface area (TPSA) is 49.8 Å². The van der Waals surface area contributed by atoms with Gasteiger partial charge in [0, 0.05) is 6.54 Å². The third-order valence-electron chi connectivity index (χ3n) is 2.48. The van der Waals surface area contributed by atoms with Gasteiger partial charge in [0.2, 0.25) is 0 Å². The summed E-state index contributed by atoms with van der Waals surface area (Å²) >= 11 is 0. The lowest BCUT2D eigenvalue weighted by Gasteiger charge is -2.29. The van der Waals surface area contributed by atoms with E-state index in [-0.39, 0.29) is 12.1 Å². The lowest BCUT2D eigenvalue weighted by molar-refractivity contribution is 0.00801. The number of amides is 1. The van der Waals surface area contributed by atoms with E-state index in [9.17, 15) is 9.90 Å². The summed E-state index contributed by atoms with van der Waals surface area (Å²) in [5, 5.41) is 9.52. The molecule has 1 aliphatic rings. The average molecular weight is 215 g/mol. The summed E-state index contributed by atoms with van der Waals surface area (Å²) < 4.78 is 5.28. The van der Waals surface area contributed by atoms with Crippen molar-refractivity contribution >= 4 is 6.09 Å². The van der Waals surface area contributed by atoms with Crippen molar-refractivity contribution < 1.29 is 14.6 Å². The van der Waals surface area contributed by atoms with Crippen LogP contribution in [0.4, 0.5) is 4.79 Å². The van der Waals surface area contributed by atoms with Crippen LogP contribution < -0.4 is 0 Å². The molecule has 1 aliphatic heterocycles. The number of ether oxygens (including phenoxy) is 1. The zero-order valence-electron chi connectivity index (χ0n) is 9.99. The molecule has 1 N–H and O–H groups in total. The maximum absolute atomic E-state index is 11.8. The van der Waals surface area contributed by atoms with E-state index >= 15 is 0 Å². The minimum atomic E-state index is -0.486. The summed E-state index contributed by atoms with van der Waals surface area (Å²) in [7, 11) is 0. The van der Waals surface area contributed by atoms with Crippen LogP contribution in [-0.4, -0.2) is 40.4 Å². The van der Waals surface area contributed by atoms with Crippen molar-refractivity contribution in [3.05, 3.63) is 0 Å². The van der Waals surface area contributed by atoms with E-state index < -0.39 is 11.7 Å². The summed E-state index contributed by atoms with van der Waals surface area (Å²) in [6.07, 6.45) is 0.997. The Hall–Kier alpha value is -0.770. The predicted octanol–water partition coefficient (Wildman–Crippen LogP) is 1.77. The van der Waals surface area contributed by atoms with Gasteiger partial charge in [-0.05, 0) is 40.5 Å². The van der Waals surface area contributed by atoms with Crippen molar-refractivity contribution in [3.63, 3.8) is 0 Å². The highest BCUT2D eigenvalue weighted by atomic mass is 16.6. The van der Waals surface area contributed by atoms with Gasteiger partial charge in [0.25, 0.3) is 0 Å². The fourth-order valence-electron chi connectivity index (χ4n) is 1.84. The molecule has 15 heavy (non-hydrogen) atoms. The molecule has 4 nitrogen and oxygen atoms in total. The highest BCUT2D eigenvalue weighted by Crippen LogP contribution is 2.22. The van der Waals surface area contributed by atoms with Crippen LogP contribution in [0.5, 0.6) is 0 Å². The summed E-state index contributed by atoms with van der Waals surface area (Å²) in [5.74, 6) is 0. The Bertz CT molecular complexity index is 232. The van der Waals surface area contributed by atoms with Crippen molar-refractivity contribution in [2.24, 2.45) is 0 Å². The summed E-state index contributed by atoms with van der Waals surface area (Å²) in [6, 6.07) is -0.0835. The molecule has 1 fully saturated rings. The largest absolute Gasteiger partial charge is 0.444 e. The minimum Gasteiger partial charge on any atom is -0.444 e. The Kier molecular flexibility index (Phi) is 3.60. The third kappa shape index (κ3) is 3.38. The number of likely N-dealkylation sites (tertiary alicyclic amines) is 1. The monoisotopic (exact) mass is 215 g/mol. The Morgan fingerprint density at radius 3 is 2.60 bits per heavy atom. The molecule has 1 heterocycles. The molecule has 1 unspecified atom stereocenters. The van der Waals surface area contributed by atoms with Crippen LogP contribution in [0.2, 0.25) is 0 Å². The molecule has 4 heteroatoms. The van der Waals surface area contributed by atoms with Crippen LogP contribution in [0.1, 0.15) is 40.5 Å². The summed E-state index contributed by atoms with van der Waals surface area (Å²) in [4.78, 5) is 13.4.